The van der Waals surface area contributed by atoms with Crippen molar-refractivity contribution in [2.45, 2.75) is 0 Å². The lowest BCUT2D eigenvalue weighted by molar-refractivity contribution is 1.47. The quantitative estimate of drug-likeness (QED) is 0.451. The molecule has 0 aromatic heterocycles. The van der Waals surface area contributed by atoms with Gasteiger partial charge >= 0.3 is 0 Å². The van der Waals surface area contributed by atoms with Crippen molar-refractivity contribution in [1.29, 1.82) is 26.3 Å². The van der Waals surface area contributed by atoms with Gasteiger partial charge in [0.2, 0.25) is 0 Å². The van der Waals surface area contributed by atoms with Gasteiger partial charge in [-0.2, -0.15) is 26.3 Å². The molecule has 1 fully saturated rings. The van der Waals surface area contributed by atoms with Crippen molar-refractivity contribution in [3.8, 4) is 42.7 Å². The molecule has 0 radical (unpaired) electrons. The lowest BCUT2D eigenvalue weighted by Crippen LogP contribution is -2.11. The largest absolute Gasteiger partial charge is 0.192 e. The standard InChI is InChI=1S/C31H13N5/c1-2-20(15-32)21-3-9-24(10-4-21)29-30(25-11-5-22(6-12-25)27(16-33)17-34)31(29)26-13-7-23(8-14-26)28(18-35)19-36/h1,3-14H. The van der Waals surface area contributed by atoms with Crippen molar-refractivity contribution in [2.24, 2.45) is 0 Å². The van der Waals surface area contributed by atoms with Crippen LogP contribution in [0.25, 0.3) is 33.4 Å². The molecule has 1 saturated carbocycles. The van der Waals surface area contributed by atoms with Crippen LogP contribution in [-0.4, -0.2) is 0 Å². The highest BCUT2D eigenvalue weighted by molar-refractivity contribution is 6.48. The van der Waals surface area contributed by atoms with E-state index in [1.165, 1.54) is 0 Å². The molecule has 162 valence electrons. The summed E-state index contributed by atoms with van der Waals surface area (Å²) >= 11 is 0. The van der Waals surface area contributed by atoms with Gasteiger partial charge in [-0.3, -0.25) is 0 Å². The Bertz CT molecular complexity index is 1730. The molecule has 5 heteroatoms. The van der Waals surface area contributed by atoms with Crippen LogP contribution in [0, 0.1) is 69.0 Å². The van der Waals surface area contributed by atoms with E-state index in [1.807, 2.05) is 78.9 Å². The van der Waals surface area contributed by atoms with Gasteiger partial charge in [-0.15, -0.1) is 6.42 Å². The Morgan fingerprint density at radius 3 is 0.889 bits per heavy atom. The van der Waals surface area contributed by atoms with Gasteiger partial charge in [-0.25, -0.2) is 0 Å². The summed E-state index contributed by atoms with van der Waals surface area (Å²) in [7, 11) is 0. The summed E-state index contributed by atoms with van der Waals surface area (Å²) in [5.74, 6) is 2.39. The molecule has 3 aromatic rings. The third-order valence-electron chi connectivity index (χ3n) is 5.78. The van der Waals surface area contributed by atoms with E-state index >= 15 is 0 Å². The van der Waals surface area contributed by atoms with Gasteiger partial charge < -0.3 is 0 Å². The first-order chi connectivity index (χ1) is 17.6. The first-order valence-electron chi connectivity index (χ1n) is 10.6. The van der Waals surface area contributed by atoms with Crippen LogP contribution in [0.3, 0.4) is 0 Å². The molecule has 0 heterocycles. The summed E-state index contributed by atoms with van der Waals surface area (Å²) in [6.07, 6.45) is 5.42. The van der Waals surface area contributed by atoms with Crippen molar-refractivity contribution < 1.29 is 0 Å². The van der Waals surface area contributed by atoms with E-state index in [0.717, 1.165) is 32.4 Å². The number of nitriles is 5. The van der Waals surface area contributed by atoms with Crippen LogP contribution >= 0.6 is 0 Å². The van der Waals surface area contributed by atoms with Crippen LogP contribution in [0.4, 0.5) is 0 Å². The highest BCUT2D eigenvalue weighted by atomic mass is 14.3. The molecule has 0 atom stereocenters. The van der Waals surface area contributed by atoms with Crippen LogP contribution in [0.15, 0.2) is 72.8 Å². The molecule has 0 bridgehead atoms. The SMILES string of the molecule is C#CC(C#N)=c1ccc(=C2C(=c3ccc(=C(C#N)C#N)cc3)C2=c2ccc(=C(C#N)C#N)cc2)cc1. The van der Waals surface area contributed by atoms with Crippen LogP contribution in [0.5, 0.6) is 0 Å². The lowest BCUT2D eigenvalue weighted by atomic mass is 10.1. The minimum atomic E-state index is 0.0435. The molecule has 0 saturated heterocycles. The Morgan fingerprint density at radius 2 is 0.667 bits per heavy atom. The topological polar surface area (TPSA) is 119 Å². The number of terminal acetylenes is 1. The smallest absolute Gasteiger partial charge is 0.136 e. The van der Waals surface area contributed by atoms with E-state index in [1.54, 1.807) is 24.3 Å². The van der Waals surface area contributed by atoms with Crippen molar-refractivity contribution in [3.63, 3.8) is 0 Å². The summed E-state index contributed by atoms with van der Waals surface area (Å²) < 4.78 is 0. The maximum Gasteiger partial charge on any atom is 0.136 e. The van der Waals surface area contributed by atoms with Crippen LogP contribution < -0.4 is 31.3 Å². The summed E-state index contributed by atoms with van der Waals surface area (Å²) in [6, 6.07) is 31.5. The second-order valence-corrected chi connectivity index (χ2v) is 7.69. The zero-order chi connectivity index (χ0) is 25.7. The van der Waals surface area contributed by atoms with Gasteiger partial charge in [0.15, 0.2) is 0 Å². The minimum Gasteiger partial charge on any atom is -0.192 e. The molecule has 36 heavy (non-hydrogen) atoms. The van der Waals surface area contributed by atoms with Gasteiger partial charge in [0.05, 0.1) is 0 Å². The maximum absolute atomic E-state index is 9.22. The van der Waals surface area contributed by atoms with Crippen LogP contribution in [-0.2, 0) is 0 Å². The average Bonchev–Trinajstić information content (AvgIpc) is 3.68. The Hall–Kier alpha value is -6.11. The lowest BCUT2D eigenvalue weighted by Gasteiger charge is -1.89. The Labute approximate surface area is 206 Å². The number of rotatable bonds is 0. The molecule has 0 amide bonds. The summed E-state index contributed by atoms with van der Waals surface area (Å²) in [5.41, 5.74) is 3.36. The molecule has 4 rings (SSSR count). The second-order valence-electron chi connectivity index (χ2n) is 7.69. The van der Waals surface area contributed by atoms with E-state index < -0.39 is 0 Å². The first-order valence-corrected chi connectivity index (χ1v) is 10.6. The van der Waals surface area contributed by atoms with E-state index in [2.05, 4.69) is 5.92 Å². The molecule has 0 aliphatic heterocycles. The molecule has 0 unspecified atom stereocenters. The fourth-order valence-corrected chi connectivity index (χ4v) is 3.95. The fraction of sp³-hybridized carbons (Fsp3) is 0. The monoisotopic (exact) mass is 455 g/mol. The van der Waals surface area contributed by atoms with Crippen molar-refractivity contribution >= 4 is 33.4 Å². The molecule has 0 spiro atoms. The van der Waals surface area contributed by atoms with Crippen molar-refractivity contribution in [3.05, 3.63) is 104 Å². The van der Waals surface area contributed by atoms with Gasteiger partial charge in [0, 0.05) is 15.7 Å². The normalized spacial score (nSPS) is 11.0. The number of nitrogens with zero attached hydrogens (tertiary/aromatic N) is 5. The highest BCUT2D eigenvalue weighted by Gasteiger charge is 2.31. The average molecular weight is 455 g/mol. The van der Waals surface area contributed by atoms with E-state index in [4.69, 9.17) is 27.5 Å². The minimum absolute atomic E-state index is 0.0435. The van der Waals surface area contributed by atoms with E-state index in [0.29, 0.717) is 15.7 Å². The molecular weight excluding hydrogens is 442 g/mol. The van der Waals surface area contributed by atoms with Gasteiger partial charge in [0.25, 0.3) is 0 Å². The van der Waals surface area contributed by atoms with E-state index in [-0.39, 0.29) is 16.7 Å². The number of hydrogen-bond acceptors (Lipinski definition) is 5. The predicted molar refractivity (Wildman–Crippen MR) is 134 cm³/mol. The van der Waals surface area contributed by atoms with Crippen LogP contribution in [0.1, 0.15) is 0 Å². The highest BCUT2D eigenvalue weighted by Crippen LogP contribution is 2.46. The van der Waals surface area contributed by atoms with Gasteiger partial charge in [-0.05, 0) is 32.4 Å². The Kier molecular flexibility index (Phi) is 6.28. The molecule has 1 aliphatic carbocycles. The fourth-order valence-electron chi connectivity index (χ4n) is 3.95. The number of hydrogen-bond donors (Lipinski definition) is 0. The predicted octanol–water partition coefficient (Wildman–Crippen LogP) is 0.256. The van der Waals surface area contributed by atoms with Crippen LogP contribution in [0.2, 0.25) is 0 Å². The molecule has 1 aliphatic rings. The molecular formula is C31H13N5. The molecule has 0 N–H and O–H groups in total. The van der Waals surface area contributed by atoms with Gasteiger partial charge in [-0.1, -0.05) is 78.7 Å². The van der Waals surface area contributed by atoms with E-state index in [9.17, 15) is 5.26 Å². The third kappa shape index (κ3) is 4.13. The third-order valence-corrected chi connectivity index (χ3v) is 5.78. The zero-order valence-electron chi connectivity index (χ0n) is 18.7. The Morgan fingerprint density at radius 1 is 0.417 bits per heavy atom. The summed E-state index contributed by atoms with van der Waals surface area (Å²) in [4.78, 5) is 0. The number of benzene rings is 3. The maximum atomic E-state index is 9.22. The molecule has 3 aromatic carbocycles. The second kappa shape index (κ2) is 9.80. The Balaban J connectivity index is 2.07. The summed E-state index contributed by atoms with van der Waals surface area (Å²) in [5, 5.41) is 50.3. The van der Waals surface area contributed by atoms with Gasteiger partial charge in [0.1, 0.15) is 47.1 Å². The first kappa shape index (κ1) is 23.1. The van der Waals surface area contributed by atoms with Crippen molar-refractivity contribution in [1.82, 2.24) is 0 Å². The molecule has 5 nitrogen and oxygen atoms in total. The zero-order valence-corrected chi connectivity index (χ0v) is 18.7. The summed E-state index contributed by atoms with van der Waals surface area (Å²) in [6.45, 7) is 0. The van der Waals surface area contributed by atoms with Crippen molar-refractivity contribution in [2.75, 3.05) is 0 Å².